The van der Waals surface area contributed by atoms with Gasteiger partial charge in [-0.15, -0.1) is 11.3 Å². The molecule has 0 unspecified atom stereocenters. The van der Waals surface area contributed by atoms with Crippen LogP contribution in [0.2, 0.25) is 0 Å². The average Bonchev–Trinajstić information content (AvgIpc) is 3.41. The number of amides is 1. The average molecular weight is 382 g/mol. The van der Waals surface area contributed by atoms with E-state index in [1.807, 2.05) is 36.5 Å². The molecule has 2 aromatic heterocycles. The minimum atomic E-state index is -0.884. The molecule has 4 rings (SSSR count). The molecule has 3 aromatic rings. The number of rotatable bonds is 4. The summed E-state index contributed by atoms with van der Waals surface area (Å²) in [4.78, 5) is 30.1. The van der Waals surface area contributed by atoms with Gasteiger partial charge in [-0.1, -0.05) is 18.2 Å². The first-order valence-electron chi connectivity index (χ1n) is 8.55. The molecule has 0 spiro atoms. The van der Waals surface area contributed by atoms with Gasteiger partial charge < -0.3 is 10.0 Å². The molecule has 1 aromatic carbocycles. The number of hydrogen-bond donors (Lipinski definition) is 1. The Morgan fingerprint density at radius 3 is 2.74 bits per heavy atom. The Kier molecular flexibility index (Phi) is 4.27. The van der Waals surface area contributed by atoms with E-state index in [1.54, 1.807) is 28.1 Å². The topological polar surface area (TPSA) is 88.3 Å². The van der Waals surface area contributed by atoms with Crippen LogP contribution in [0.4, 0.5) is 0 Å². The zero-order chi connectivity index (χ0) is 19.0. The van der Waals surface area contributed by atoms with E-state index in [2.05, 4.69) is 10.1 Å². The fraction of sp³-hybridized carbons (Fsp3) is 0.263. The normalized spacial score (nSPS) is 19.4. The zero-order valence-corrected chi connectivity index (χ0v) is 15.5. The van der Waals surface area contributed by atoms with Crippen molar-refractivity contribution in [2.45, 2.75) is 13.3 Å². The van der Waals surface area contributed by atoms with Gasteiger partial charge in [0.1, 0.15) is 10.7 Å². The van der Waals surface area contributed by atoms with Crippen molar-refractivity contribution in [3.8, 4) is 16.3 Å². The predicted molar refractivity (Wildman–Crippen MR) is 101 cm³/mol. The molecule has 27 heavy (non-hydrogen) atoms. The minimum absolute atomic E-state index is 0.208. The Balaban J connectivity index is 1.52. The molecule has 7 nitrogen and oxygen atoms in total. The van der Waals surface area contributed by atoms with Crippen LogP contribution in [0, 0.1) is 5.41 Å². The Morgan fingerprint density at radius 2 is 2.04 bits per heavy atom. The summed E-state index contributed by atoms with van der Waals surface area (Å²) in [5.74, 6) is -1.09. The number of nitrogens with zero attached hydrogens (tertiary/aromatic N) is 4. The third kappa shape index (κ3) is 3.23. The van der Waals surface area contributed by atoms with Gasteiger partial charge in [0.15, 0.2) is 0 Å². The first-order chi connectivity index (χ1) is 13.0. The molecule has 8 heteroatoms. The van der Waals surface area contributed by atoms with Crippen LogP contribution in [0.15, 0.2) is 48.1 Å². The van der Waals surface area contributed by atoms with Gasteiger partial charge in [0.25, 0.3) is 5.91 Å². The van der Waals surface area contributed by atoms with Crippen LogP contribution in [0.25, 0.3) is 16.3 Å². The number of carbonyl (C=O) groups excluding carboxylic acids is 1. The lowest BCUT2D eigenvalue weighted by molar-refractivity contribution is -0.147. The van der Waals surface area contributed by atoms with Gasteiger partial charge in [-0.05, 0) is 25.5 Å². The van der Waals surface area contributed by atoms with Crippen molar-refractivity contribution in [1.82, 2.24) is 19.7 Å². The molecule has 1 amide bonds. The first kappa shape index (κ1) is 17.4. The van der Waals surface area contributed by atoms with Crippen molar-refractivity contribution in [2.24, 2.45) is 5.41 Å². The fourth-order valence-corrected chi connectivity index (χ4v) is 3.90. The molecule has 1 aliphatic heterocycles. The van der Waals surface area contributed by atoms with Gasteiger partial charge in [0.2, 0.25) is 0 Å². The maximum atomic E-state index is 12.7. The number of carboxylic acid groups (broad SMARTS) is 1. The summed E-state index contributed by atoms with van der Waals surface area (Å²) in [5.41, 5.74) is 1.24. The third-order valence-corrected chi connectivity index (χ3v) is 5.74. The van der Waals surface area contributed by atoms with E-state index in [0.29, 0.717) is 23.7 Å². The largest absolute Gasteiger partial charge is 0.481 e. The maximum Gasteiger partial charge on any atom is 0.311 e. The summed E-state index contributed by atoms with van der Waals surface area (Å²) in [5, 5.41) is 16.1. The van der Waals surface area contributed by atoms with Crippen LogP contribution in [0.5, 0.6) is 0 Å². The highest BCUT2D eigenvalue weighted by atomic mass is 32.1. The zero-order valence-electron chi connectivity index (χ0n) is 14.7. The lowest BCUT2D eigenvalue weighted by Crippen LogP contribution is -2.35. The SMILES string of the molecule is C[C@]1(C(=O)O)CCN(C(=O)c2csc(-c3cnn(-c4ccccc4)c3)n2)C1. The van der Waals surface area contributed by atoms with Crippen LogP contribution < -0.4 is 0 Å². The van der Waals surface area contributed by atoms with Gasteiger partial charge in [-0.3, -0.25) is 9.59 Å². The van der Waals surface area contributed by atoms with Crippen LogP contribution in [0.1, 0.15) is 23.8 Å². The highest BCUT2D eigenvalue weighted by Crippen LogP contribution is 2.32. The number of likely N-dealkylation sites (tertiary alicyclic amines) is 1. The van der Waals surface area contributed by atoms with Crippen LogP contribution in [0.3, 0.4) is 0 Å². The van der Waals surface area contributed by atoms with E-state index in [1.165, 1.54) is 11.3 Å². The van der Waals surface area contributed by atoms with Gasteiger partial charge in [-0.25, -0.2) is 9.67 Å². The summed E-state index contributed by atoms with van der Waals surface area (Å²) in [6, 6.07) is 9.75. The van der Waals surface area contributed by atoms with E-state index in [4.69, 9.17) is 0 Å². The molecule has 138 valence electrons. The quantitative estimate of drug-likeness (QED) is 0.749. The molecule has 0 aliphatic carbocycles. The Hall–Kier alpha value is -3.00. The number of thiazole rings is 1. The highest BCUT2D eigenvalue weighted by molar-refractivity contribution is 7.13. The van der Waals surface area contributed by atoms with Crippen LogP contribution >= 0.6 is 11.3 Å². The summed E-state index contributed by atoms with van der Waals surface area (Å²) in [6.07, 6.45) is 4.05. The molecule has 0 bridgehead atoms. The molecular weight excluding hydrogens is 364 g/mol. The molecule has 3 heterocycles. The van der Waals surface area contributed by atoms with Crippen molar-refractivity contribution in [3.05, 3.63) is 53.8 Å². The molecule has 0 saturated carbocycles. The number of para-hydroxylation sites is 1. The second-order valence-electron chi connectivity index (χ2n) is 6.89. The lowest BCUT2D eigenvalue weighted by atomic mass is 9.90. The summed E-state index contributed by atoms with van der Waals surface area (Å²) < 4.78 is 1.76. The number of benzene rings is 1. The summed E-state index contributed by atoms with van der Waals surface area (Å²) in [6.45, 7) is 2.31. The van der Waals surface area contributed by atoms with E-state index in [0.717, 1.165) is 11.3 Å². The van der Waals surface area contributed by atoms with Crippen LogP contribution in [-0.2, 0) is 4.79 Å². The van der Waals surface area contributed by atoms with E-state index >= 15 is 0 Å². The fourth-order valence-electron chi connectivity index (χ4n) is 3.13. The molecule has 0 radical (unpaired) electrons. The minimum Gasteiger partial charge on any atom is -0.481 e. The first-order valence-corrected chi connectivity index (χ1v) is 9.43. The Labute approximate surface area is 159 Å². The van der Waals surface area contributed by atoms with E-state index < -0.39 is 11.4 Å². The second-order valence-corrected chi connectivity index (χ2v) is 7.75. The lowest BCUT2D eigenvalue weighted by Gasteiger charge is -2.19. The van der Waals surface area contributed by atoms with Gasteiger partial charge in [-0.2, -0.15) is 5.10 Å². The predicted octanol–water partition coefficient (Wildman–Crippen LogP) is 2.93. The van der Waals surface area contributed by atoms with Crippen LogP contribution in [-0.4, -0.2) is 49.7 Å². The second kappa shape index (κ2) is 6.62. The van der Waals surface area contributed by atoms with E-state index in [-0.39, 0.29) is 12.5 Å². The van der Waals surface area contributed by atoms with Crippen molar-refractivity contribution >= 4 is 23.2 Å². The standard InChI is InChI=1S/C19H18N4O3S/c1-19(18(25)26)7-8-22(12-19)17(24)15-11-27-16(21-15)13-9-20-23(10-13)14-5-3-2-4-6-14/h2-6,9-11H,7-8,12H2,1H3,(H,25,26)/t19-/m0/s1. The number of hydrogen-bond acceptors (Lipinski definition) is 5. The molecule has 1 saturated heterocycles. The number of aliphatic carboxylic acids is 1. The third-order valence-electron chi connectivity index (χ3n) is 4.85. The van der Waals surface area contributed by atoms with Crippen molar-refractivity contribution < 1.29 is 14.7 Å². The van der Waals surface area contributed by atoms with Crippen molar-refractivity contribution in [3.63, 3.8) is 0 Å². The van der Waals surface area contributed by atoms with Gasteiger partial charge >= 0.3 is 5.97 Å². The smallest absolute Gasteiger partial charge is 0.311 e. The monoisotopic (exact) mass is 382 g/mol. The number of aromatic nitrogens is 3. The van der Waals surface area contributed by atoms with E-state index in [9.17, 15) is 14.7 Å². The molecule has 1 N–H and O–H groups in total. The Morgan fingerprint density at radius 1 is 1.26 bits per heavy atom. The molecule has 1 aliphatic rings. The molecular formula is C19H18N4O3S. The Bertz CT molecular complexity index is 997. The molecule has 1 fully saturated rings. The van der Waals surface area contributed by atoms with Gasteiger partial charge in [0.05, 0.1) is 17.3 Å². The number of carbonyl (C=O) groups is 2. The maximum absolute atomic E-state index is 12.7. The number of carboxylic acids is 1. The summed E-state index contributed by atoms with van der Waals surface area (Å²) >= 11 is 1.38. The summed E-state index contributed by atoms with van der Waals surface area (Å²) in [7, 11) is 0. The van der Waals surface area contributed by atoms with Gasteiger partial charge in [0, 0.05) is 30.2 Å². The molecule has 1 atom stereocenters. The van der Waals surface area contributed by atoms with Crippen molar-refractivity contribution in [1.29, 1.82) is 0 Å². The highest BCUT2D eigenvalue weighted by Gasteiger charge is 2.42. The van der Waals surface area contributed by atoms with Crippen molar-refractivity contribution in [2.75, 3.05) is 13.1 Å².